The van der Waals surface area contributed by atoms with Crippen LogP contribution in [0.25, 0.3) is 0 Å². The van der Waals surface area contributed by atoms with Gasteiger partial charge in [0.25, 0.3) is 0 Å². The minimum Gasteiger partial charge on any atom is -0.481 e. The van der Waals surface area contributed by atoms with E-state index in [2.05, 4.69) is 5.32 Å². The van der Waals surface area contributed by atoms with Gasteiger partial charge in [-0.25, -0.2) is 0 Å². The fourth-order valence-corrected chi connectivity index (χ4v) is 3.25. The zero-order chi connectivity index (χ0) is 11.1. The molecule has 0 saturated heterocycles. The van der Waals surface area contributed by atoms with E-state index < -0.39 is 11.4 Å². The topological polar surface area (TPSA) is 49.3 Å². The molecule has 2 N–H and O–H groups in total. The Bertz CT molecular complexity index is 382. The monoisotopic (exact) mass is 225 g/mol. The largest absolute Gasteiger partial charge is 0.481 e. The highest BCUT2D eigenvalue weighted by molar-refractivity contribution is 7.10. The first-order valence-corrected chi connectivity index (χ1v) is 5.94. The lowest BCUT2D eigenvalue weighted by atomic mass is 9.93. The summed E-state index contributed by atoms with van der Waals surface area (Å²) >= 11 is 1.64. The van der Waals surface area contributed by atoms with Gasteiger partial charge in [0.1, 0.15) is 0 Å². The van der Waals surface area contributed by atoms with Crippen molar-refractivity contribution in [2.45, 2.75) is 25.8 Å². The van der Waals surface area contributed by atoms with Gasteiger partial charge in [-0.15, -0.1) is 11.3 Å². The van der Waals surface area contributed by atoms with Gasteiger partial charge in [0.15, 0.2) is 0 Å². The average Bonchev–Trinajstić information content (AvgIpc) is 2.89. The number of aliphatic carboxylic acids is 1. The highest BCUT2D eigenvalue weighted by atomic mass is 32.1. The zero-order valence-corrected chi connectivity index (χ0v) is 9.73. The Hall–Kier alpha value is -0.870. The maximum absolute atomic E-state index is 11.3. The third-order valence-corrected chi connectivity index (χ3v) is 4.30. The number of carboxylic acids is 1. The summed E-state index contributed by atoms with van der Waals surface area (Å²) in [6.45, 7) is 2.04. The van der Waals surface area contributed by atoms with Gasteiger partial charge in [-0.1, -0.05) is 0 Å². The molecule has 3 nitrogen and oxygen atoms in total. The summed E-state index contributed by atoms with van der Waals surface area (Å²) in [7, 11) is 1.84. The Kier molecular flexibility index (Phi) is 2.56. The molecule has 1 aromatic rings. The summed E-state index contributed by atoms with van der Waals surface area (Å²) in [5.74, 6) is -0.672. The van der Waals surface area contributed by atoms with E-state index in [0.717, 1.165) is 17.7 Å². The Morgan fingerprint density at radius 1 is 1.67 bits per heavy atom. The first-order valence-electron chi connectivity index (χ1n) is 5.06. The lowest BCUT2D eigenvalue weighted by Gasteiger charge is -2.22. The van der Waals surface area contributed by atoms with Gasteiger partial charge in [-0.3, -0.25) is 4.79 Å². The highest BCUT2D eigenvalue weighted by Crippen LogP contribution is 2.56. The molecule has 2 rings (SSSR count). The number of aryl methyl sites for hydroxylation is 1. The van der Waals surface area contributed by atoms with Gasteiger partial charge in [0, 0.05) is 4.88 Å². The zero-order valence-electron chi connectivity index (χ0n) is 8.91. The smallest absolute Gasteiger partial charge is 0.311 e. The summed E-state index contributed by atoms with van der Waals surface area (Å²) in [5, 5.41) is 14.4. The van der Waals surface area contributed by atoms with Crippen molar-refractivity contribution in [2.24, 2.45) is 5.41 Å². The molecule has 1 aliphatic carbocycles. The Balaban J connectivity index is 2.33. The minimum absolute atomic E-state index is 0.0324. The third-order valence-electron chi connectivity index (χ3n) is 3.22. The van der Waals surface area contributed by atoms with Crippen LogP contribution < -0.4 is 5.32 Å². The van der Waals surface area contributed by atoms with E-state index in [0.29, 0.717) is 0 Å². The van der Waals surface area contributed by atoms with Crippen molar-refractivity contribution in [1.29, 1.82) is 0 Å². The van der Waals surface area contributed by atoms with Crippen LogP contribution >= 0.6 is 11.3 Å². The van der Waals surface area contributed by atoms with E-state index in [1.54, 1.807) is 11.3 Å². The number of hydrogen-bond acceptors (Lipinski definition) is 3. The number of nitrogens with one attached hydrogen (secondary N) is 1. The summed E-state index contributed by atoms with van der Waals surface area (Å²) in [6.07, 6.45) is 1.57. The van der Waals surface area contributed by atoms with Crippen molar-refractivity contribution < 1.29 is 9.90 Å². The van der Waals surface area contributed by atoms with Gasteiger partial charge < -0.3 is 10.4 Å². The number of carboxylic acid groups (broad SMARTS) is 1. The summed E-state index contributed by atoms with van der Waals surface area (Å²) < 4.78 is 0. The van der Waals surface area contributed by atoms with E-state index in [1.165, 1.54) is 5.56 Å². The first kappa shape index (κ1) is 10.6. The van der Waals surface area contributed by atoms with Crippen LogP contribution in [0, 0.1) is 12.3 Å². The second-order valence-corrected chi connectivity index (χ2v) is 5.10. The molecule has 1 aromatic heterocycles. The van der Waals surface area contributed by atoms with Crippen molar-refractivity contribution in [1.82, 2.24) is 5.32 Å². The van der Waals surface area contributed by atoms with E-state index >= 15 is 0 Å². The molecule has 0 aliphatic heterocycles. The second-order valence-electron chi connectivity index (χ2n) is 4.15. The summed E-state index contributed by atoms with van der Waals surface area (Å²) in [5.41, 5.74) is 0.636. The molecule has 1 unspecified atom stereocenters. The van der Waals surface area contributed by atoms with Crippen LogP contribution in [0.4, 0.5) is 0 Å². The molecular formula is C11H15NO2S. The SMILES string of the molecule is CNC(c1sccc1C)C1(C(=O)O)CC1. The van der Waals surface area contributed by atoms with Crippen molar-refractivity contribution in [3.05, 3.63) is 21.9 Å². The number of rotatable bonds is 4. The number of hydrogen-bond donors (Lipinski definition) is 2. The van der Waals surface area contributed by atoms with Crippen molar-refractivity contribution >= 4 is 17.3 Å². The molecule has 0 radical (unpaired) electrons. The maximum Gasteiger partial charge on any atom is 0.311 e. The molecule has 4 heteroatoms. The molecule has 1 atom stereocenters. The highest BCUT2D eigenvalue weighted by Gasteiger charge is 2.56. The fourth-order valence-electron chi connectivity index (χ4n) is 2.10. The van der Waals surface area contributed by atoms with Crippen molar-refractivity contribution in [3.8, 4) is 0 Å². The summed E-state index contributed by atoms with van der Waals surface area (Å²) in [6, 6.07) is 2.01. The molecule has 0 bridgehead atoms. The molecule has 1 fully saturated rings. The second kappa shape index (κ2) is 3.61. The van der Waals surface area contributed by atoms with Crippen molar-refractivity contribution in [3.63, 3.8) is 0 Å². The van der Waals surface area contributed by atoms with Crippen LogP contribution in [-0.4, -0.2) is 18.1 Å². The van der Waals surface area contributed by atoms with Crippen molar-refractivity contribution in [2.75, 3.05) is 7.05 Å². The fraction of sp³-hybridized carbons (Fsp3) is 0.545. The Morgan fingerprint density at radius 3 is 2.67 bits per heavy atom. The molecule has 1 aliphatic rings. The normalized spacial score (nSPS) is 19.9. The standard InChI is InChI=1S/C11H15NO2S/c1-7-3-6-15-8(7)9(12-2)11(4-5-11)10(13)14/h3,6,9,12H,4-5H2,1-2H3,(H,13,14). The van der Waals surface area contributed by atoms with Crippen LogP contribution in [0.1, 0.15) is 29.3 Å². The average molecular weight is 225 g/mol. The lowest BCUT2D eigenvalue weighted by molar-refractivity contribution is -0.144. The van der Waals surface area contributed by atoms with E-state index in [-0.39, 0.29) is 6.04 Å². The number of thiophene rings is 1. The van der Waals surface area contributed by atoms with E-state index in [1.807, 2.05) is 25.4 Å². The van der Waals surface area contributed by atoms with Crippen LogP contribution in [0.3, 0.4) is 0 Å². The predicted octanol–water partition coefficient (Wildman–Crippen LogP) is 2.18. The van der Waals surface area contributed by atoms with Gasteiger partial charge in [0.2, 0.25) is 0 Å². The van der Waals surface area contributed by atoms with Gasteiger partial charge in [-0.05, 0) is 43.8 Å². The number of carbonyl (C=O) groups is 1. The lowest BCUT2D eigenvalue weighted by Crippen LogP contribution is -2.32. The van der Waals surface area contributed by atoms with Crippen LogP contribution in [0.5, 0.6) is 0 Å². The summed E-state index contributed by atoms with van der Waals surface area (Å²) in [4.78, 5) is 12.4. The Labute approximate surface area is 93.1 Å². The quantitative estimate of drug-likeness (QED) is 0.825. The Morgan fingerprint density at radius 2 is 2.33 bits per heavy atom. The molecule has 82 valence electrons. The molecule has 0 aromatic carbocycles. The van der Waals surface area contributed by atoms with Crippen LogP contribution in [0.15, 0.2) is 11.4 Å². The first-order chi connectivity index (χ1) is 7.12. The molecular weight excluding hydrogens is 210 g/mol. The molecule has 0 spiro atoms. The molecule has 15 heavy (non-hydrogen) atoms. The molecule has 1 heterocycles. The minimum atomic E-state index is -0.672. The van der Waals surface area contributed by atoms with Crippen LogP contribution in [-0.2, 0) is 4.79 Å². The molecule has 0 amide bonds. The van der Waals surface area contributed by atoms with Gasteiger partial charge >= 0.3 is 5.97 Å². The van der Waals surface area contributed by atoms with Gasteiger partial charge in [0.05, 0.1) is 11.5 Å². The van der Waals surface area contributed by atoms with Crippen LogP contribution in [0.2, 0.25) is 0 Å². The maximum atomic E-state index is 11.3. The third kappa shape index (κ3) is 1.58. The van der Waals surface area contributed by atoms with E-state index in [9.17, 15) is 9.90 Å². The van der Waals surface area contributed by atoms with E-state index in [4.69, 9.17) is 0 Å². The predicted molar refractivity (Wildman–Crippen MR) is 60.2 cm³/mol. The van der Waals surface area contributed by atoms with Gasteiger partial charge in [-0.2, -0.15) is 0 Å². The molecule has 1 saturated carbocycles.